The minimum Gasteiger partial charge on any atom is -0.366 e. The fraction of sp³-hybridized carbons (Fsp3) is 0.350. The average Bonchev–Trinajstić information content (AvgIpc) is 2.66. The fourth-order valence-electron chi connectivity index (χ4n) is 3.14. The van der Waals surface area contributed by atoms with E-state index in [9.17, 15) is 9.18 Å². The molecule has 0 unspecified atom stereocenters. The third kappa shape index (κ3) is 4.96. The summed E-state index contributed by atoms with van der Waals surface area (Å²) in [6.45, 7) is 3.57. The standard InChI is InChI=1S/C20H23ClFN3O/c21-17-5-3-4-16(14-17)8-9-23-15-20(26)25-12-10-24(11-13-25)19-7-2-1-6-18(19)22/h1-7,14,23H,8-13,15H2. The van der Waals surface area contributed by atoms with Gasteiger partial charge in [-0.25, -0.2) is 4.39 Å². The van der Waals surface area contributed by atoms with Crippen LogP contribution in [0.4, 0.5) is 10.1 Å². The van der Waals surface area contributed by atoms with Crippen LogP contribution in [0, 0.1) is 5.82 Å². The Morgan fingerprint density at radius 2 is 1.85 bits per heavy atom. The Labute approximate surface area is 158 Å². The molecule has 0 aliphatic carbocycles. The number of nitrogens with one attached hydrogen (secondary N) is 1. The van der Waals surface area contributed by atoms with E-state index >= 15 is 0 Å². The summed E-state index contributed by atoms with van der Waals surface area (Å²) < 4.78 is 13.9. The van der Waals surface area contributed by atoms with Crippen molar-refractivity contribution in [3.8, 4) is 0 Å². The highest BCUT2D eigenvalue weighted by atomic mass is 35.5. The third-order valence-electron chi connectivity index (χ3n) is 4.58. The lowest BCUT2D eigenvalue weighted by Crippen LogP contribution is -2.51. The number of nitrogens with zero attached hydrogens (tertiary/aromatic N) is 2. The lowest BCUT2D eigenvalue weighted by atomic mass is 10.1. The van der Waals surface area contributed by atoms with Crippen molar-refractivity contribution in [3.63, 3.8) is 0 Å². The van der Waals surface area contributed by atoms with E-state index in [0.29, 0.717) is 38.4 Å². The number of hydrogen-bond donors (Lipinski definition) is 1. The van der Waals surface area contributed by atoms with Crippen molar-refractivity contribution in [1.82, 2.24) is 10.2 Å². The second kappa shape index (κ2) is 9.01. The van der Waals surface area contributed by atoms with Crippen molar-refractivity contribution in [2.24, 2.45) is 0 Å². The number of piperazine rings is 1. The third-order valence-corrected chi connectivity index (χ3v) is 4.82. The van der Waals surface area contributed by atoms with Gasteiger partial charge in [-0.15, -0.1) is 0 Å². The van der Waals surface area contributed by atoms with Gasteiger partial charge in [0.15, 0.2) is 0 Å². The number of hydrogen-bond acceptors (Lipinski definition) is 3. The number of halogens is 2. The van der Waals surface area contributed by atoms with Gasteiger partial charge in [-0.3, -0.25) is 4.79 Å². The van der Waals surface area contributed by atoms with Gasteiger partial charge in [-0.2, -0.15) is 0 Å². The smallest absolute Gasteiger partial charge is 0.236 e. The van der Waals surface area contributed by atoms with Gasteiger partial charge >= 0.3 is 0 Å². The molecule has 4 nitrogen and oxygen atoms in total. The van der Waals surface area contributed by atoms with Crippen LogP contribution in [0.15, 0.2) is 48.5 Å². The fourth-order valence-corrected chi connectivity index (χ4v) is 3.35. The maximum atomic E-state index is 13.9. The van der Waals surface area contributed by atoms with E-state index in [1.165, 1.54) is 6.07 Å². The van der Waals surface area contributed by atoms with Crippen LogP contribution in [0.5, 0.6) is 0 Å². The summed E-state index contributed by atoms with van der Waals surface area (Å²) in [4.78, 5) is 16.2. The molecule has 0 spiro atoms. The van der Waals surface area contributed by atoms with Gasteiger partial charge in [0.25, 0.3) is 0 Å². The quantitative estimate of drug-likeness (QED) is 0.788. The van der Waals surface area contributed by atoms with Crippen molar-refractivity contribution >= 4 is 23.2 Å². The number of para-hydroxylation sites is 1. The van der Waals surface area contributed by atoms with Gasteiger partial charge in [0.05, 0.1) is 12.2 Å². The zero-order valence-corrected chi connectivity index (χ0v) is 15.4. The van der Waals surface area contributed by atoms with Crippen molar-refractivity contribution in [2.45, 2.75) is 6.42 Å². The van der Waals surface area contributed by atoms with E-state index in [1.807, 2.05) is 40.1 Å². The molecule has 138 valence electrons. The van der Waals surface area contributed by atoms with Crippen LogP contribution in [-0.4, -0.2) is 50.1 Å². The van der Waals surface area contributed by atoms with Crippen molar-refractivity contribution < 1.29 is 9.18 Å². The number of amides is 1. The molecule has 6 heteroatoms. The molecule has 2 aromatic carbocycles. The molecule has 2 aromatic rings. The Morgan fingerprint density at radius 1 is 1.08 bits per heavy atom. The summed E-state index contributed by atoms with van der Waals surface area (Å²) in [6.07, 6.45) is 0.828. The molecule has 0 radical (unpaired) electrons. The molecule has 1 saturated heterocycles. The first kappa shape index (κ1) is 18.7. The van der Waals surface area contributed by atoms with Gasteiger partial charge in [-0.05, 0) is 42.8 Å². The lowest BCUT2D eigenvalue weighted by molar-refractivity contribution is -0.130. The number of benzene rings is 2. The Kier molecular flexibility index (Phi) is 6.47. The van der Waals surface area contributed by atoms with Crippen LogP contribution in [0.25, 0.3) is 0 Å². The molecule has 3 rings (SSSR count). The largest absolute Gasteiger partial charge is 0.366 e. The molecule has 1 heterocycles. The molecule has 0 saturated carbocycles. The van der Waals surface area contributed by atoms with Gasteiger partial charge < -0.3 is 15.1 Å². The van der Waals surface area contributed by atoms with Crippen LogP contribution in [0.3, 0.4) is 0 Å². The van der Waals surface area contributed by atoms with E-state index in [0.717, 1.165) is 23.6 Å². The first-order chi connectivity index (χ1) is 12.6. The summed E-state index contributed by atoms with van der Waals surface area (Å²) in [5.74, 6) is -0.126. The van der Waals surface area contributed by atoms with E-state index in [-0.39, 0.29) is 11.7 Å². The molecule has 0 aromatic heterocycles. The van der Waals surface area contributed by atoms with Crippen molar-refractivity contribution in [2.75, 3.05) is 44.2 Å². The second-order valence-electron chi connectivity index (χ2n) is 6.38. The Balaban J connectivity index is 1.39. The molecular weight excluding hydrogens is 353 g/mol. The molecule has 1 aliphatic heterocycles. The normalized spacial score (nSPS) is 14.5. The summed E-state index contributed by atoms with van der Waals surface area (Å²) >= 11 is 5.97. The Bertz CT molecular complexity index is 747. The topological polar surface area (TPSA) is 35.6 Å². The first-order valence-corrected chi connectivity index (χ1v) is 9.24. The molecule has 1 amide bonds. The zero-order valence-electron chi connectivity index (χ0n) is 14.6. The Hall–Kier alpha value is -2.11. The highest BCUT2D eigenvalue weighted by Crippen LogP contribution is 2.20. The number of carbonyl (C=O) groups excluding carboxylic acids is 1. The van der Waals surface area contributed by atoms with Crippen LogP contribution >= 0.6 is 11.6 Å². The predicted molar refractivity (Wildman–Crippen MR) is 103 cm³/mol. The molecule has 1 fully saturated rings. The van der Waals surface area contributed by atoms with Crippen molar-refractivity contribution in [1.29, 1.82) is 0 Å². The van der Waals surface area contributed by atoms with Gasteiger partial charge in [0.2, 0.25) is 5.91 Å². The summed E-state index contributed by atoms with van der Waals surface area (Å²) in [7, 11) is 0. The monoisotopic (exact) mass is 375 g/mol. The van der Waals surface area contributed by atoms with E-state index in [2.05, 4.69) is 5.32 Å². The molecular formula is C20H23ClFN3O. The van der Waals surface area contributed by atoms with Crippen LogP contribution in [0.2, 0.25) is 5.02 Å². The van der Waals surface area contributed by atoms with Gasteiger partial charge in [0, 0.05) is 31.2 Å². The number of carbonyl (C=O) groups is 1. The molecule has 1 N–H and O–H groups in total. The minimum atomic E-state index is -0.213. The number of anilines is 1. The highest BCUT2D eigenvalue weighted by Gasteiger charge is 2.22. The molecule has 0 atom stereocenters. The molecule has 0 bridgehead atoms. The summed E-state index contributed by atoms with van der Waals surface area (Å²) in [5, 5.41) is 3.92. The van der Waals surface area contributed by atoms with Crippen LogP contribution in [-0.2, 0) is 11.2 Å². The van der Waals surface area contributed by atoms with Gasteiger partial charge in [0.1, 0.15) is 5.82 Å². The number of rotatable bonds is 6. The van der Waals surface area contributed by atoms with Crippen LogP contribution < -0.4 is 10.2 Å². The Morgan fingerprint density at radius 3 is 2.58 bits per heavy atom. The molecule has 1 aliphatic rings. The van der Waals surface area contributed by atoms with Crippen LogP contribution in [0.1, 0.15) is 5.56 Å². The second-order valence-corrected chi connectivity index (χ2v) is 6.81. The summed E-state index contributed by atoms with van der Waals surface area (Å²) in [6, 6.07) is 14.5. The lowest BCUT2D eigenvalue weighted by Gasteiger charge is -2.36. The average molecular weight is 376 g/mol. The van der Waals surface area contributed by atoms with E-state index in [4.69, 9.17) is 11.6 Å². The van der Waals surface area contributed by atoms with Gasteiger partial charge in [-0.1, -0.05) is 35.9 Å². The highest BCUT2D eigenvalue weighted by molar-refractivity contribution is 6.30. The first-order valence-electron chi connectivity index (χ1n) is 8.86. The minimum absolute atomic E-state index is 0.0873. The summed E-state index contributed by atoms with van der Waals surface area (Å²) in [5.41, 5.74) is 1.76. The maximum absolute atomic E-state index is 13.9. The van der Waals surface area contributed by atoms with E-state index in [1.54, 1.807) is 12.1 Å². The zero-order chi connectivity index (χ0) is 18.4. The van der Waals surface area contributed by atoms with Crippen molar-refractivity contribution in [3.05, 3.63) is 64.9 Å². The molecule has 26 heavy (non-hydrogen) atoms. The maximum Gasteiger partial charge on any atom is 0.236 e. The predicted octanol–water partition coefficient (Wildman–Crippen LogP) is 2.96. The SMILES string of the molecule is O=C(CNCCc1cccc(Cl)c1)N1CCN(c2ccccc2F)CC1. The van der Waals surface area contributed by atoms with E-state index < -0.39 is 0 Å².